The maximum atomic E-state index is 9.10. The first-order chi connectivity index (χ1) is 8.13. The Morgan fingerprint density at radius 2 is 2.00 bits per heavy atom. The minimum absolute atomic E-state index is 0.180. The van der Waals surface area contributed by atoms with Gasteiger partial charge in [-0.3, -0.25) is 0 Å². The largest absolute Gasteiger partial charge is 0.491 e. The van der Waals surface area contributed by atoms with Crippen LogP contribution in [0, 0.1) is 11.3 Å². The van der Waals surface area contributed by atoms with Crippen molar-refractivity contribution in [1.82, 2.24) is 0 Å². The minimum atomic E-state index is -0.388. The third kappa shape index (κ3) is 2.93. The molecule has 3 nitrogen and oxygen atoms in total. The monoisotopic (exact) mass is 249 g/mol. The van der Waals surface area contributed by atoms with Crippen molar-refractivity contribution in [2.45, 2.75) is 29.6 Å². The standard InChI is InChI=1S/C13H15NO2S/c1-10(2)16-11-3-5-12(6-4-11)17-13(7-14)8-15-9-13/h3-6,10H,8-9H2,1-2H3. The van der Waals surface area contributed by atoms with E-state index in [4.69, 9.17) is 14.7 Å². The van der Waals surface area contributed by atoms with Crippen LogP contribution in [0.5, 0.6) is 5.75 Å². The Morgan fingerprint density at radius 3 is 2.41 bits per heavy atom. The van der Waals surface area contributed by atoms with Crippen LogP contribution in [0.15, 0.2) is 29.2 Å². The molecule has 2 rings (SSSR count). The summed E-state index contributed by atoms with van der Waals surface area (Å²) in [6.07, 6.45) is 0.180. The maximum Gasteiger partial charge on any atom is 0.153 e. The predicted molar refractivity (Wildman–Crippen MR) is 67.2 cm³/mol. The number of hydrogen-bond acceptors (Lipinski definition) is 4. The molecule has 0 N–H and O–H groups in total. The zero-order valence-electron chi connectivity index (χ0n) is 9.97. The van der Waals surface area contributed by atoms with Crippen molar-refractivity contribution in [3.63, 3.8) is 0 Å². The Hall–Kier alpha value is -1.18. The molecule has 0 radical (unpaired) electrons. The highest BCUT2D eigenvalue weighted by atomic mass is 32.2. The van der Waals surface area contributed by atoms with Crippen molar-refractivity contribution >= 4 is 11.8 Å². The van der Waals surface area contributed by atoms with E-state index in [-0.39, 0.29) is 10.9 Å². The van der Waals surface area contributed by atoms with Crippen molar-refractivity contribution in [2.75, 3.05) is 13.2 Å². The molecule has 0 bridgehead atoms. The van der Waals surface area contributed by atoms with Crippen LogP contribution in [0.4, 0.5) is 0 Å². The van der Waals surface area contributed by atoms with E-state index in [2.05, 4.69) is 6.07 Å². The van der Waals surface area contributed by atoms with E-state index in [0.717, 1.165) is 10.6 Å². The SMILES string of the molecule is CC(C)Oc1ccc(SC2(C#N)COC2)cc1. The van der Waals surface area contributed by atoms with Crippen LogP contribution in [0.25, 0.3) is 0 Å². The van der Waals surface area contributed by atoms with Crippen molar-refractivity contribution < 1.29 is 9.47 Å². The highest BCUT2D eigenvalue weighted by molar-refractivity contribution is 8.01. The normalized spacial score (nSPS) is 17.3. The Balaban J connectivity index is 2.01. The lowest BCUT2D eigenvalue weighted by Crippen LogP contribution is -2.45. The number of hydrogen-bond donors (Lipinski definition) is 0. The summed E-state index contributed by atoms with van der Waals surface area (Å²) >= 11 is 1.56. The van der Waals surface area contributed by atoms with E-state index in [1.807, 2.05) is 38.1 Å². The first-order valence-corrected chi connectivity index (χ1v) is 6.40. The van der Waals surface area contributed by atoms with E-state index >= 15 is 0 Å². The van der Waals surface area contributed by atoms with Crippen LogP contribution in [-0.4, -0.2) is 24.1 Å². The molecular formula is C13H15NO2S. The van der Waals surface area contributed by atoms with Crippen molar-refractivity contribution in [3.05, 3.63) is 24.3 Å². The molecule has 0 saturated carbocycles. The van der Waals surface area contributed by atoms with Gasteiger partial charge in [-0.25, -0.2) is 0 Å². The second kappa shape index (κ2) is 4.99. The second-order valence-electron chi connectivity index (χ2n) is 4.34. The molecule has 0 atom stereocenters. The van der Waals surface area contributed by atoms with Gasteiger partial charge in [0.1, 0.15) is 5.75 Å². The first-order valence-electron chi connectivity index (χ1n) is 5.58. The van der Waals surface area contributed by atoms with Crippen LogP contribution < -0.4 is 4.74 Å². The first kappa shape index (κ1) is 12.3. The summed E-state index contributed by atoms with van der Waals surface area (Å²) in [5, 5.41) is 9.10. The van der Waals surface area contributed by atoms with Crippen LogP contribution >= 0.6 is 11.8 Å². The Labute approximate surface area is 106 Å². The Bertz CT molecular complexity index is 418. The van der Waals surface area contributed by atoms with E-state index in [1.165, 1.54) is 0 Å². The van der Waals surface area contributed by atoms with Gasteiger partial charge in [-0.2, -0.15) is 5.26 Å². The summed E-state index contributed by atoms with van der Waals surface area (Å²) in [7, 11) is 0. The van der Waals surface area contributed by atoms with Gasteiger partial charge < -0.3 is 9.47 Å². The molecule has 0 aliphatic carbocycles. The smallest absolute Gasteiger partial charge is 0.153 e. The number of benzene rings is 1. The summed E-state index contributed by atoms with van der Waals surface area (Å²) in [5.41, 5.74) is 0. The van der Waals surface area contributed by atoms with E-state index in [9.17, 15) is 0 Å². The van der Waals surface area contributed by atoms with Gasteiger partial charge in [0, 0.05) is 4.90 Å². The lowest BCUT2D eigenvalue weighted by Gasteiger charge is -2.34. The van der Waals surface area contributed by atoms with Crippen molar-refractivity contribution in [1.29, 1.82) is 5.26 Å². The Morgan fingerprint density at radius 1 is 1.35 bits per heavy atom. The van der Waals surface area contributed by atoms with Gasteiger partial charge in [-0.1, -0.05) is 11.8 Å². The third-order valence-electron chi connectivity index (χ3n) is 2.38. The number of nitrogens with zero attached hydrogens (tertiary/aromatic N) is 1. The van der Waals surface area contributed by atoms with Crippen LogP contribution in [-0.2, 0) is 4.74 Å². The van der Waals surface area contributed by atoms with Gasteiger partial charge >= 0.3 is 0 Å². The molecule has 0 spiro atoms. The highest BCUT2D eigenvalue weighted by Crippen LogP contribution is 2.38. The lowest BCUT2D eigenvalue weighted by atomic mass is 10.1. The zero-order chi connectivity index (χ0) is 12.3. The third-order valence-corrected chi connectivity index (χ3v) is 3.61. The number of nitriles is 1. The van der Waals surface area contributed by atoms with E-state index in [1.54, 1.807) is 11.8 Å². The molecule has 1 aliphatic heterocycles. The fourth-order valence-corrected chi connectivity index (χ4v) is 2.57. The molecule has 0 aromatic heterocycles. The summed E-state index contributed by atoms with van der Waals surface area (Å²) in [6.45, 7) is 5.02. The summed E-state index contributed by atoms with van der Waals surface area (Å²) in [6, 6.07) is 10.2. The second-order valence-corrected chi connectivity index (χ2v) is 5.80. The summed E-state index contributed by atoms with van der Waals surface area (Å²) in [5.74, 6) is 0.861. The van der Waals surface area contributed by atoms with Crippen molar-refractivity contribution in [2.24, 2.45) is 0 Å². The topological polar surface area (TPSA) is 42.2 Å². The highest BCUT2D eigenvalue weighted by Gasteiger charge is 2.40. The molecule has 4 heteroatoms. The average molecular weight is 249 g/mol. The van der Waals surface area contributed by atoms with Crippen LogP contribution in [0.3, 0.4) is 0 Å². The number of ether oxygens (including phenoxy) is 2. The molecule has 1 aliphatic rings. The number of thioether (sulfide) groups is 1. The number of rotatable bonds is 4. The van der Waals surface area contributed by atoms with Gasteiger partial charge in [0.15, 0.2) is 4.75 Å². The van der Waals surface area contributed by atoms with Gasteiger partial charge in [0.25, 0.3) is 0 Å². The summed E-state index contributed by atoms with van der Waals surface area (Å²) < 4.78 is 10.3. The molecule has 0 amide bonds. The molecule has 1 fully saturated rings. The van der Waals surface area contributed by atoms with Gasteiger partial charge in [-0.15, -0.1) is 0 Å². The van der Waals surface area contributed by atoms with Crippen LogP contribution in [0.2, 0.25) is 0 Å². The van der Waals surface area contributed by atoms with Gasteiger partial charge in [0.05, 0.1) is 25.4 Å². The quantitative estimate of drug-likeness (QED) is 0.823. The predicted octanol–water partition coefficient (Wildman–Crippen LogP) is 2.86. The molecule has 1 saturated heterocycles. The molecule has 17 heavy (non-hydrogen) atoms. The summed E-state index contributed by atoms with van der Waals surface area (Å²) in [4.78, 5) is 1.07. The average Bonchev–Trinajstić information content (AvgIpc) is 2.25. The lowest BCUT2D eigenvalue weighted by molar-refractivity contribution is 0.0161. The molecule has 0 unspecified atom stereocenters. The van der Waals surface area contributed by atoms with E-state index < -0.39 is 0 Å². The van der Waals surface area contributed by atoms with Crippen LogP contribution in [0.1, 0.15) is 13.8 Å². The zero-order valence-corrected chi connectivity index (χ0v) is 10.8. The van der Waals surface area contributed by atoms with Gasteiger partial charge in [-0.05, 0) is 38.1 Å². The minimum Gasteiger partial charge on any atom is -0.491 e. The molecule has 90 valence electrons. The fourth-order valence-electron chi connectivity index (χ4n) is 1.52. The molecule has 1 aromatic rings. The Kier molecular flexibility index (Phi) is 3.60. The van der Waals surface area contributed by atoms with E-state index in [0.29, 0.717) is 13.2 Å². The maximum absolute atomic E-state index is 9.10. The fraction of sp³-hybridized carbons (Fsp3) is 0.462. The molecule has 1 heterocycles. The molecular weight excluding hydrogens is 234 g/mol. The molecule has 1 aromatic carbocycles. The van der Waals surface area contributed by atoms with Crippen molar-refractivity contribution in [3.8, 4) is 11.8 Å². The van der Waals surface area contributed by atoms with Gasteiger partial charge in [0.2, 0.25) is 0 Å².